The molecule has 0 spiro atoms. The smallest absolute Gasteiger partial charge is 0.131 e. The molecule has 2 rings (SSSR count). The lowest BCUT2D eigenvalue weighted by Gasteiger charge is -2.28. The Hall–Kier alpha value is -1.13. The predicted octanol–water partition coefficient (Wildman–Crippen LogP) is 2.02. The Bertz CT molecular complexity index is 389. The zero-order valence-electron chi connectivity index (χ0n) is 11.1. The molecule has 100 valence electrons. The molecule has 0 unspecified atom stereocenters. The monoisotopic (exact) mass is 252 g/mol. The topological polar surface area (TPSA) is 24.5 Å². The normalized spacial score (nSPS) is 17.1. The summed E-state index contributed by atoms with van der Waals surface area (Å²) in [6.07, 6.45) is 0.0635. The highest BCUT2D eigenvalue weighted by atomic mass is 19.1. The lowest BCUT2D eigenvalue weighted by atomic mass is 10.1. The lowest BCUT2D eigenvalue weighted by molar-refractivity contribution is 0.211. The van der Waals surface area contributed by atoms with Gasteiger partial charge in [-0.05, 0) is 26.0 Å². The summed E-state index contributed by atoms with van der Waals surface area (Å²) in [5.41, 5.74) is 0.674. The van der Waals surface area contributed by atoms with Gasteiger partial charge in [0.2, 0.25) is 0 Å². The Balaban J connectivity index is 2.13. The molecule has 0 aliphatic carbocycles. The summed E-state index contributed by atoms with van der Waals surface area (Å²) in [4.78, 5) is 2.25. The van der Waals surface area contributed by atoms with Gasteiger partial charge in [-0.1, -0.05) is 6.07 Å². The predicted molar refractivity (Wildman–Crippen MR) is 70.3 cm³/mol. The third-order valence-corrected chi connectivity index (χ3v) is 3.03. The Morgan fingerprint density at radius 2 is 2.06 bits per heavy atom. The molecule has 1 heterocycles. The van der Waals surface area contributed by atoms with Crippen molar-refractivity contribution in [2.45, 2.75) is 26.5 Å². The van der Waals surface area contributed by atoms with Crippen LogP contribution in [0.25, 0.3) is 0 Å². The van der Waals surface area contributed by atoms with Crippen LogP contribution in [0.1, 0.15) is 19.4 Å². The van der Waals surface area contributed by atoms with Gasteiger partial charge in [0, 0.05) is 38.3 Å². The van der Waals surface area contributed by atoms with Crippen molar-refractivity contribution in [1.29, 1.82) is 0 Å². The van der Waals surface area contributed by atoms with E-state index < -0.39 is 0 Å². The first-order valence-electron chi connectivity index (χ1n) is 6.54. The number of hydrogen-bond acceptors (Lipinski definition) is 3. The van der Waals surface area contributed by atoms with Crippen molar-refractivity contribution in [2.24, 2.45) is 0 Å². The Kier molecular flexibility index (Phi) is 4.55. The second-order valence-electron chi connectivity index (χ2n) is 4.91. The number of benzene rings is 1. The van der Waals surface area contributed by atoms with Crippen molar-refractivity contribution < 1.29 is 9.13 Å². The van der Waals surface area contributed by atoms with Gasteiger partial charge in [-0.15, -0.1) is 0 Å². The second-order valence-corrected chi connectivity index (χ2v) is 4.91. The van der Waals surface area contributed by atoms with Crippen molar-refractivity contribution in [1.82, 2.24) is 10.2 Å². The molecule has 0 atom stereocenters. The van der Waals surface area contributed by atoms with Crippen LogP contribution >= 0.6 is 0 Å². The molecule has 0 amide bonds. The van der Waals surface area contributed by atoms with Gasteiger partial charge in [-0.25, -0.2) is 4.39 Å². The minimum absolute atomic E-state index is 0.0635. The molecule has 1 aromatic carbocycles. The fourth-order valence-electron chi connectivity index (χ4n) is 2.15. The first-order chi connectivity index (χ1) is 8.66. The summed E-state index contributed by atoms with van der Waals surface area (Å²) in [7, 11) is 0. The average molecular weight is 252 g/mol. The van der Waals surface area contributed by atoms with Gasteiger partial charge in [0.25, 0.3) is 0 Å². The molecule has 1 saturated heterocycles. The lowest BCUT2D eigenvalue weighted by Crippen LogP contribution is -2.43. The third kappa shape index (κ3) is 3.43. The number of nitrogens with zero attached hydrogens (tertiary/aromatic N) is 1. The van der Waals surface area contributed by atoms with E-state index in [4.69, 9.17) is 4.74 Å². The maximum Gasteiger partial charge on any atom is 0.131 e. The van der Waals surface area contributed by atoms with Gasteiger partial charge < -0.3 is 10.1 Å². The first-order valence-corrected chi connectivity index (χ1v) is 6.54. The molecule has 0 saturated carbocycles. The standard InChI is InChI=1S/C14H21FN2O/c1-11(2)18-14-5-3-4-13(15)12(14)10-17-8-6-16-7-9-17/h3-5,11,16H,6-10H2,1-2H3. The largest absolute Gasteiger partial charge is 0.491 e. The average Bonchev–Trinajstić information content (AvgIpc) is 2.34. The molecule has 1 aliphatic rings. The molecule has 0 bridgehead atoms. The number of hydrogen-bond donors (Lipinski definition) is 1. The molecule has 18 heavy (non-hydrogen) atoms. The fourth-order valence-corrected chi connectivity index (χ4v) is 2.15. The Morgan fingerprint density at radius 1 is 1.33 bits per heavy atom. The molecule has 0 radical (unpaired) electrons. The molecule has 1 aliphatic heterocycles. The SMILES string of the molecule is CC(C)Oc1cccc(F)c1CN1CCNCC1. The third-order valence-electron chi connectivity index (χ3n) is 3.03. The summed E-state index contributed by atoms with van der Waals surface area (Å²) in [5, 5.41) is 3.30. The number of piperazine rings is 1. The van der Waals surface area contributed by atoms with Crippen LogP contribution in [0.3, 0.4) is 0 Å². The number of nitrogens with one attached hydrogen (secondary N) is 1. The van der Waals surface area contributed by atoms with E-state index in [2.05, 4.69) is 10.2 Å². The highest BCUT2D eigenvalue weighted by molar-refractivity contribution is 5.34. The van der Waals surface area contributed by atoms with Crippen LogP contribution in [0.15, 0.2) is 18.2 Å². The zero-order valence-corrected chi connectivity index (χ0v) is 11.1. The molecule has 4 heteroatoms. The molecular formula is C14H21FN2O. The van der Waals surface area contributed by atoms with Crippen LogP contribution in [0.4, 0.5) is 4.39 Å². The zero-order chi connectivity index (χ0) is 13.0. The summed E-state index contributed by atoms with van der Waals surface area (Å²) in [6, 6.07) is 5.06. The number of rotatable bonds is 4. The second kappa shape index (κ2) is 6.16. The molecule has 3 nitrogen and oxygen atoms in total. The maximum atomic E-state index is 13.9. The van der Waals surface area contributed by atoms with E-state index in [9.17, 15) is 4.39 Å². The molecular weight excluding hydrogens is 231 g/mol. The van der Waals surface area contributed by atoms with Gasteiger partial charge in [0.15, 0.2) is 0 Å². The van der Waals surface area contributed by atoms with E-state index >= 15 is 0 Å². The quantitative estimate of drug-likeness (QED) is 0.887. The van der Waals surface area contributed by atoms with Crippen molar-refractivity contribution in [2.75, 3.05) is 26.2 Å². The Labute approximate surface area is 108 Å². The van der Waals surface area contributed by atoms with Gasteiger partial charge >= 0.3 is 0 Å². The van der Waals surface area contributed by atoms with Crippen molar-refractivity contribution in [3.63, 3.8) is 0 Å². The molecule has 1 aromatic rings. The van der Waals surface area contributed by atoms with Crippen LogP contribution in [-0.2, 0) is 6.54 Å². The van der Waals surface area contributed by atoms with Gasteiger partial charge in [0.05, 0.1) is 6.10 Å². The highest BCUT2D eigenvalue weighted by Gasteiger charge is 2.16. The van der Waals surface area contributed by atoms with E-state index in [0.717, 1.165) is 26.2 Å². The van der Waals surface area contributed by atoms with Crippen LogP contribution in [0.5, 0.6) is 5.75 Å². The minimum Gasteiger partial charge on any atom is -0.491 e. The Morgan fingerprint density at radius 3 is 2.72 bits per heavy atom. The van der Waals surface area contributed by atoms with Crippen LogP contribution < -0.4 is 10.1 Å². The van der Waals surface area contributed by atoms with E-state index in [1.165, 1.54) is 6.07 Å². The number of halogens is 1. The van der Waals surface area contributed by atoms with Crippen LogP contribution in [0.2, 0.25) is 0 Å². The summed E-state index contributed by atoms with van der Waals surface area (Å²) >= 11 is 0. The van der Waals surface area contributed by atoms with Gasteiger partial charge in [-0.3, -0.25) is 4.90 Å². The minimum atomic E-state index is -0.174. The molecule has 1 fully saturated rings. The molecule has 0 aromatic heterocycles. The first kappa shape index (κ1) is 13.3. The maximum absolute atomic E-state index is 13.9. The highest BCUT2D eigenvalue weighted by Crippen LogP contribution is 2.24. The van der Waals surface area contributed by atoms with Crippen LogP contribution in [0, 0.1) is 5.82 Å². The molecule has 1 N–H and O–H groups in total. The van der Waals surface area contributed by atoms with Crippen molar-refractivity contribution in [3.8, 4) is 5.75 Å². The fraction of sp³-hybridized carbons (Fsp3) is 0.571. The van der Waals surface area contributed by atoms with Gasteiger partial charge in [-0.2, -0.15) is 0 Å². The van der Waals surface area contributed by atoms with E-state index in [1.807, 2.05) is 19.9 Å². The number of ether oxygens (including phenoxy) is 1. The van der Waals surface area contributed by atoms with Gasteiger partial charge in [0.1, 0.15) is 11.6 Å². The van der Waals surface area contributed by atoms with Crippen molar-refractivity contribution >= 4 is 0 Å². The summed E-state index contributed by atoms with van der Waals surface area (Å²) in [5.74, 6) is 0.496. The van der Waals surface area contributed by atoms with E-state index in [0.29, 0.717) is 17.9 Å². The van der Waals surface area contributed by atoms with E-state index in [-0.39, 0.29) is 11.9 Å². The van der Waals surface area contributed by atoms with Crippen molar-refractivity contribution in [3.05, 3.63) is 29.6 Å². The summed E-state index contributed by atoms with van der Waals surface area (Å²) in [6.45, 7) is 8.38. The van der Waals surface area contributed by atoms with Crippen LogP contribution in [-0.4, -0.2) is 37.2 Å². The summed E-state index contributed by atoms with van der Waals surface area (Å²) < 4.78 is 19.6. The van der Waals surface area contributed by atoms with E-state index in [1.54, 1.807) is 6.07 Å².